The van der Waals surface area contributed by atoms with Crippen molar-refractivity contribution in [1.82, 2.24) is 15.1 Å². The molecule has 1 N–H and O–H groups in total. The van der Waals surface area contributed by atoms with Crippen LogP contribution in [0.25, 0.3) is 22.0 Å². The molecule has 0 bridgehead atoms. The fourth-order valence-corrected chi connectivity index (χ4v) is 3.60. The molecule has 0 spiro atoms. The fourth-order valence-electron chi connectivity index (χ4n) is 3.60. The largest absolute Gasteiger partial charge is 0.496 e. The van der Waals surface area contributed by atoms with E-state index < -0.39 is 0 Å². The maximum absolute atomic E-state index is 11.5. The van der Waals surface area contributed by atoms with Gasteiger partial charge in [-0.05, 0) is 35.4 Å². The van der Waals surface area contributed by atoms with Gasteiger partial charge in [-0.3, -0.25) is 9.48 Å². The van der Waals surface area contributed by atoms with Gasteiger partial charge >= 0.3 is 0 Å². The number of ether oxygens (including phenoxy) is 2. The topological polar surface area (TPSA) is 65.4 Å². The van der Waals surface area contributed by atoms with Crippen molar-refractivity contribution in [1.29, 1.82) is 0 Å². The molecule has 0 unspecified atom stereocenters. The molecular weight excluding hydrogens is 390 g/mol. The Morgan fingerprint density at radius 1 is 1.03 bits per heavy atom. The van der Waals surface area contributed by atoms with Crippen molar-refractivity contribution in [3.8, 4) is 22.6 Å². The van der Waals surface area contributed by atoms with Crippen LogP contribution in [0, 0.1) is 0 Å². The van der Waals surface area contributed by atoms with Crippen LogP contribution < -0.4 is 14.8 Å². The number of para-hydroxylation sites is 1. The van der Waals surface area contributed by atoms with Crippen LogP contribution in [-0.2, 0) is 17.9 Å². The number of nitrogens with zero attached hydrogens (tertiary/aromatic N) is 2. The van der Waals surface area contributed by atoms with E-state index in [0.717, 1.165) is 39.1 Å². The van der Waals surface area contributed by atoms with Crippen molar-refractivity contribution in [3.63, 3.8) is 0 Å². The normalized spacial score (nSPS) is 10.8. The highest BCUT2D eigenvalue weighted by atomic mass is 16.5. The highest BCUT2D eigenvalue weighted by Gasteiger charge is 2.11. The average Bonchev–Trinajstić information content (AvgIpc) is 3.23. The van der Waals surface area contributed by atoms with Crippen LogP contribution in [0.2, 0.25) is 0 Å². The van der Waals surface area contributed by atoms with Crippen molar-refractivity contribution in [2.75, 3.05) is 14.2 Å². The van der Waals surface area contributed by atoms with Crippen LogP contribution in [0.3, 0.4) is 0 Å². The summed E-state index contributed by atoms with van der Waals surface area (Å²) in [6.45, 7) is 0.972. The molecule has 6 heteroatoms. The third kappa shape index (κ3) is 4.53. The maximum Gasteiger partial charge on any atom is 0.221 e. The van der Waals surface area contributed by atoms with Gasteiger partial charge in [0.25, 0.3) is 0 Å². The van der Waals surface area contributed by atoms with Crippen LogP contribution in [0.1, 0.15) is 12.0 Å². The van der Waals surface area contributed by atoms with Gasteiger partial charge in [-0.15, -0.1) is 0 Å². The Morgan fingerprint density at radius 2 is 1.81 bits per heavy atom. The number of hydrogen-bond donors (Lipinski definition) is 1. The lowest BCUT2D eigenvalue weighted by molar-refractivity contribution is -0.120. The predicted molar refractivity (Wildman–Crippen MR) is 121 cm³/mol. The monoisotopic (exact) mass is 415 g/mol. The minimum absolute atomic E-state index is 0.00249. The number of hydrogen-bond acceptors (Lipinski definition) is 4. The van der Waals surface area contributed by atoms with Crippen molar-refractivity contribution >= 4 is 16.8 Å². The third-order valence-electron chi connectivity index (χ3n) is 5.25. The number of carbonyl (C=O) groups is 1. The molecular formula is C25H25N3O3. The average molecular weight is 415 g/mol. The number of benzene rings is 3. The van der Waals surface area contributed by atoms with Gasteiger partial charge in [0.2, 0.25) is 5.91 Å². The van der Waals surface area contributed by atoms with Crippen LogP contribution in [0.5, 0.6) is 11.5 Å². The number of carbonyl (C=O) groups excluding carboxylic acids is 1. The first-order valence-corrected chi connectivity index (χ1v) is 10.2. The molecule has 0 aliphatic carbocycles. The molecule has 3 aromatic carbocycles. The van der Waals surface area contributed by atoms with Crippen LogP contribution in [0.4, 0.5) is 0 Å². The summed E-state index contributed by atoms with van der Waals surface area (Å²) in [4.78, 5) is 11.5. The van der Waals surface area contributed by atoms with E-state index >= 15 is 0 Å². The standard InChI is InChI=1S/C25H25N3O3/c1-26-25(29)13-14-28-23-12-11-20(15-19(23)16-27-28)31-17-18-7-3-4-8-21(18)22-9-5-6-10-24(22)30-2/h3-12,15-16H,13-14,17H2,1-2H3,(H,26,29). The summed E-state index contributed by atoms with van der Waals surface area (Å²) in [5.41, 5.74) is 4.18. The Labute approximate surface area is 181 Å². The summed E-state index contributed by atoms with van der Waals surface area (Å²) < 4.78 is 13.5. The van der Waals surface area contributed by atoms with Gasteiger partial charge in [0, 0.05) is 24.4 Å². The summed E-state index contributed by atoms with van der Waals surface area (Å²) in [5.74, 6) is 1.60. The Hall–Kier alpha value is -3.80. The highest BCUT2D eigenvalue weighted by molar-refractivity contribution is 5.81. The maximum atomic E-state index is 11.5. The second kappa shape index (κ2) is 9.34. The molecule has 0 atom stereocenters. The molecule has 1 amide bonds. The Morgan fingerprint density at radius 3 is 2.61 bits per heavy atom. The smallest absolute Gasteiger partial charge is 0.221 e. The molecule has 0 saturated carbocycles. The Balaban J connectivity index is 1.52. The fraction of sp³-hybridized carbons (Fsp3) is 0.200. The molecule has 4 rings (SSSR count). The molecule has 31 heavy (non-hydrogen) atoms. The van der Waals surface area contributed by atoms with Crippen LogP contribution in [-0.4, -0.2) is 29.8 Å². The quantitative estimate of drug-likeness (QED) is 0.462. The number of nitrogens with one attached hydrogen (secondary N) is 1. The Bertz CT molecular complexity index is 1200. The SMILES string of the molecule is CNC(=O)CCn1ncc2cc(OCc3ccccc3-c3ccccc3OC)ccc21. The van der Waals surface area contributed by atoms with E-state index in [9.17, 15) is 4.79 Å². The molecule has 158 valence electrons. The van der Waals surface area contributed by atoms with Gasteiger partial charge in [-0.1, -0.05) is 42.5 Å². The van der Waals surface area contributed by atoms with Crippen molar-refractivity contribution in [2.24, 2.45) is 0 Å². The van der Waals surface area contributed by atoms with Gasteiger partial charge in [0.1, 0.15) is 18.1 Å². The van der Waals surface area contributed by atoms with Gasteiger partial charge in [0.15, 0.2) is 0 Å². The molecule has 0 saturated heterocycles. The van der Waals surface area contributed by atoms with Crippen molar-refractivity contribution in [3.05, 3.63) is 78.5 Å². The number of aryl methyl sites for hydroxylation is 1. The second-order valence-corrected chi connectivity index (χ2v) is 7.16. The zero-order valence-corrected chi connectivity index (χ0v) is 17.7. The van der Waals surface area contributed by atoms with E-state index in [1.165, 1.54) is 0 Å². The lowest BCUT2D eigenvalue weighted by Crippen LogP contribution is -2.19. The van der Waals surface area contributed by atoms with E-state index in [1.807, 2.05) is 53.2 Å². The van der Waals surface area contributed by atoms with Crippen LogP contribution >= 0.6 is 0 Å². The minimum Gasteiger partial charge on any atom is -0.496 e. The highest BCUT2D eigenvalue weighted by Crippen LogP contribution is 2.32. The molecule has 6 nitrogen and oxygen atoms in total. The van der Waals surface area contributed by atoms with Crippen molar-refractivity contribution < 1.29 is 14.3 Å². The van der Waals surface area contributed by atoms with Gasteiger partial charge in [0.05, 0.1) is 25.4 Å². The van der Waals surface area contributed by atoms with E-state index in [4.69, 9.17) is 9.47 Å². The Kier molecular flexibility index (Phi) is 6.17. The molecule has 0 aliphatic heterocycles. The summed E-state index contributed by atoms with van der Waals surface area (Å²) >= 11 is 0. The third-order valence-corrected chi connectivity index (χ3v) is 5.25. The zero-order valence-electron chi connectivity index (χ0n) is 17.7. The number of fused-ring (bicyclic) bond motifs is 1. The summed E-state index contributed by atoms with van der Waals surface area (Å²) in [7, 11) is 3.32. The first-order valence-electron chi connectivity index (χ1n) is 10.2. The molecule has 0 fully saturated rings. The lowest BCUT2D eigenvalue weighted by atomic mass is 9.99. The van der Waals surface area contributed by atoms with Crippen LogP contribution in [0.15, 0.2) is 72.9 Å². The predicted octanol–water partition coefficient (Wildman–Crippen LogP) is 4.43. The molecule has 1 aromatic heterocycles. The first kappa shape index (κ1) is 20.5. The van der Waals surface area contributed by atoms with Crippen molar-refractivity contribution in [2.45, 2.75) is 19.6 Å². The number of aromatic nitrogens is 2. The molecule has 0 aliphatic rings. The lowest BCUT2D eigenvalue weighted by Gasteiger charge is -2.14. The van der Waals surface area contributed by atoms with E-state index in [-0.39, 0.29) is 5.91 Å². The van der Waals surface area contributed by atoms with E-state index in [1.54, 1.807) is 20.4 Å². The number of methoxy groups -OCH3 is 1. The number of rotatable bonds is 8. The minimum atomic E-state index is -0.00249. The molecule has 0 radical (unpaired) electrons. The number of amides is 1. The van der Waals surface area contributed by atoms with Gasteiger partial charge in [-0.25, -0.2) is 0 Å². The summed E-state index contributed by atoms with van der Waals surface area (Å²) in [6, 6.07) is 22.1. The van der Waals surface area contributed by atoms with E-state index in [0.29, 0.717) is 19.6 Å². The second-order valence-electron chi connectivity index (χ2n) is 7.16. The first-order chi connectivity index (χ1) is 15.2. The molecule has 1 heterocycles. The molecule has 4 aromatic rings. The summed E-state index contributed by atoms with van der Waals surface area (Å²) in [6.07, 6.45) is 2.19. The van der Waals surface area contributed by atoms with E-state index in [2.05, 4.69) is 28.6 Å². The zero-order chi connectivity index (χ0) is 21.6. The van der Waals surface area contributed by atoms with Gasteiger partial charge in [-0.2, -0.15) is 5.10 Å². The summed E-state index contributed by atoms with van der Waals surface area (Å²) in [5, 5.41) is 8.01. The van der Waals surface area contributed by atoms with Gasteiger partial charge < -0.3 is 14.8 Å².